The van der Waals surface area contributed by atoms with Crippen molar-refractivity contribution in [2.45, 2.75) is 135 Å². The Hall–Kier alpha value is -4.11. The second-order valence-corrected chi connectivity index (χ2v) is 14.6. The second kappa shape index (κ2) is 27.5. The van der Waals surface area contributed by atoms with E-state index >= 15 is 0 Å². The first kappa shape index (κ1) is 44.3. The van der Waals surface area contributed by atoms with Gasteiger partial charge in [-0.2, -0.15) is 0 Å². The summed E-state index contributed by atoms with van der Waals surface area (Å²) in [5.41, 5.74) is 3.92. The van der Waals surface area contributed by atoms with E-state index in [1.165, 1.54) is 56.3 Å². The van der Waals surface area contributed by atoms with Gasteiger partial charge in [0.25, 0.3) is 0 Å². The van der Waals surface area contributed by atoms with Crippen molar-refractivity contribution in [2.24, 2.45) is 0 Å². The molecule has 290 valence electrons. The van der Waals surface area contributed by atoms with E-state index in [-0.39, 0.29) is 0 Å². The molecular formula is C49H64O4S. The fraction of sp³-hybridized carbons (Fsp3) is 0.510. The van der Waals surface area contributed by atoms with Crippen LogP contribution in [0.2, 0.25) is 0 Å². The molecule has 0 atom stereocenters. The molecule has 0 amide bonds. The molecule has 54 heavy (non-hydrogen) atoms. The Bertz CT molecular complexity index is 1680. The Balaban J connectivity index is 2.09. The van der Waals surface area contributed by atoms with Gasteiger partial charge in [0.15, 0.2) is 0 Å². The minimum atomic E-state index is 0.603. The summed E-state index contributed by atoms with van der Waals surface area (Å²) in [6, 6.07) is 16.2. The lowest BCUT2D eigenvalue weighted by atomic mass is 10.1. The molecule has 0 bridgehead atoms. The van der Waals surface area contributed by atoms with Gasteiger partial charge in [-0.15, -0.1) is 18.2 Å². The van der Waals surface area contributed by atoms with Crippen LogP contribution in [-0.2, 0) is 0 Å². The summed E-state index contributed by atoms with van der Waals surface area (Å²) in [5.74, 6) is 19.2. The highest BCUT2D eigenvalue weighted by atomic mass is 32.2. The molecule has 0 aliphatic heterocycles. The molecule has 0 fully saturated rings. The van der Waals surface area contributed by atoms with Crippen molar-refractivity contribution >= 4 is 11.8 Å². The molecule has 0 unspecified atom stereocenters. The van der Waals surface area contributed by atoms with Crippen LogP contribution in [0, 0.1) is 36.0 Å². The van der Waals surface area contributed by atoms with E-state index in [1.807, 2.05) is 24.3 Å². The highest BCUT2D eigenvalue weighted by molar-refractivity contribution is 7.98. The molecule has 0 aliphatic rings. The van der Waals surface area contributed by atoms with Crippen molar-refractivity contribution in [3.8, 4) is 59.0 Å². The topological polar surface area (TPSA) is 36.9 Å². The van der Waals surface area contributed by atoms with Crippen molar-refractivity contribution in [2.75, 3.05) is 32.7 Å². The molecule has 0 N–H and O–H groups in total. The minimum absolute atomic E-state index is 0.603. The van der Waals surface area contributed by atoms with Gasteiger partial charge in [-0.05, 0) is 56.2 Å². The lowest BCUT2D eigenvalue weighted by Crippen LogP contribution is -2.04. The Morgan fingerprint density at radius 3 is 1.11 bits per heavy atom. The number of hydrogen-bond donors (Lipinski definition) is 0. The van der Waals surface area contributed by atoms with Crippen LogP contribution in [0.4, 0.5) is 0 Å². The fourth-order valence-corrected chi connectivity index (χ4v) is 6.20. The van der Waals surface area contributed by atoms with Crippen LogP contribution in [0.25, 0.3) is 0 Å². The van der Waals surface area contributed by atoms with Crippen LogP contribution in [0.1, 0.15) is 158 Å². The first-order valence-electron chi connectivity index (χ1n) is 20.6. The summed E-state index contributed by atoms with van der Waals surface area (Å²) >= 11 is 1.72. The molecule has 3 aromatic carbocycles. The zero-order chi connectivity index (χ0) is 38.6. The third kappa shape index (κ3) is 16.5. The molecule has 0 aromatic heterocycles. The molecular weight excluding hydrogens is 685 g/mol. The van der Waals surface area contributed by atoms with E-state index in [2.05, 4.69) is 87.8 Å². The molecule has 3 rings (SSSR count). The highest BCUT2D eigenvalue weighted by Crippen LogP contribution is 2.32. The van der Waals surface area contributed by atoms with Crippen molar-refractivity contribution in [3.63, 3.8) is 0 Å². The summed E-state index contributed by atoms with van der Waals surface area (Å²) in [4.78, 5) is 1.21. The maximum atomic E-state index is 6.47. The normalized spacial score (nSPS) is 10.4. The van der Waals surface area contributed by atoms with Crippen LogP contribution in [0.15, 0.2) is 53.4 Å². The summed E-state index contributed by atoms with van der Waals surface area (Å²) < 4.78 is 25.5. The van der Waals surface area contributed by atoms with Gasteiger partial charge < -0.3 is 18.9 Å². The molecule has 0 saturated carbocycles. The van der Waals surface area contributed by atoms with Crippen LogP contribution in [-0.4, -0.2) is 32.7 Å². The second-order valence-electron chi connectivity index (χ2n) is 13.7. The van der Waals surface area contributed by atoms with Crippen LogP contribution < -0.4 is 18.9 Å². The average molecular weight is 749 g/mol. The Morgan fingerprint density at radius 2 is 0.778 bits per heavy atom. The van der Waals surface area contributed by atoms with Crippen molar-refractivity contribution < 1.29 is 18.9 Å². The van der Waals surface area contributed by atoms with Crippen LogP contribution in [0.5, 0.6) is 23.0 Å². The number of unbranched alkanes of at least 4 members (excludes halogenated alkanes) is 12. The number of terminal acetylenes is 1. The quantitative estimate of drug-likeness (QED) is 0.0490. The first-order valence-corrected chi connectivity index (χ1v) is 21.8. The van der Waals surface area contributed by atoms with E-state index in [4.69, 9.17) is 25.4 Å². The first-order chi connectivity index (χ1) is 26.6. The van der Waals surface area contributed by atoms with Gasteiger partial charge in [-0.25, -0.2) is 0 Å². The smallest absolute Gasteiger partial charge is 0.136 e. The van der Waals surface area contributed by atoms with Crippen LogP contribution in [0.3, 0.4) is 0 Å². The molecule has 0 spiro atoms. The van der Waals surface area contributed by atoms with E-state index < -0.39 is 0 Å². The standard InChI is InChI=1S/C49H64O4S/c1-7-12-16-20-32-50-46-37-43(47(36-41(46)11-5)51-33-21-17-13-8-2)28-29-44-39-48(52-34-22-18-14-9-3)42(38-49(44)53-35-23-19-15-10-4)27-24-40-25-30-45(54-6)31-26-40/h5,25-26,30-31,36-39H,7-10,12-23,32-35H2,1-4,6H3. The Morgan fingerprint density at radius 1 is 0.444 bits per heavy atom. The predicted octanol–water partition coefficient (Wildman–Crippen LogP) is 13.0. The summed E-state index contributed by atoms with van der Waals surface area (Å²) in [6.07, 6.45) is 25.9. The van der Waals surface area contributed by atoms with Gasteiger partial charge in [0, 0.05) is 34.7 Å². The monoisotopic (exact) mass is 748 g/mol. The third-order valence-electron chi connectivity index (χ3n) is 9.10. The molecule has 0 aliphatic carbocycles. The zero-order valence-corrected chi connectivity index (χ0v) is 34.7. The predicted molar refractivity (Wildman–Crippen MR) is 230 cm³/mol. The average Bonchev–Trinajstić information content (AvgIpc) is 3.20. The molecule has 0 radical (unpaired) electrons. The third-order valence-corrected chi connectivity index (χ3v) is 9.85. The number of rotatable bonds is 25. The molecule has 4 nitrogen and oxygen atoms in total. The van der Waals surface area contributed by atoms with Crippen molar-refractivity contribution in [1.82, 2.24) is 0 Å². The van der Waals surface area contributed by atoms with E-state index in [0.29, 0.717) is 55.0 Å². The maximum absolute atomic E-state index is 6.47. The molecule has 3 aromatic rings. The lowest BCUT2D eigenvalue weighted by molar-refractivity contribution is 0.295. The number of hydrogen-bond acceptors (Lipinski definition) is 5. The lowest BCUT2D eigenvalue weighted by Gasteiger charge is -2.15. The molecule has 0 saturated heterocycles. The van der Waals surface area contributed by atoms with Crippen molar-refractivity contribution in [3.05, 3.63) is 76.3 Å². The largest absolute Gasteiger partial charge is 0.492 e. The van der Waals surface area contributed by atoms with Gasteiger partial charge in [0.05, 0.1) is 48.7 Å². The Kier molecular flexibility index (Phi) is 22.5. The van der Waals surface area contributed by atoms with E-state index in [0.717, 1.165) is 73.6 Å². The van der Waals surface area contributed by atoms with Gasteiger partial charge >= 0.3 is 0 Å². The fourth-order valence-electron chi connectivity index (χ4n) is 5.80. The molecule has 0 heterocycles. The molecule has 5 heteroatoms. The number of benzene rings is 3. The van der Waals surface area contributed by atoms with Gasteiger partial charge in [0.1, 0.15) is 23.0 Å². The summed E-state index contributed by atoms with van der Waals surface area (Å²) in [6.45, 7) is 11.3. The van der Waals surface area contributed by atoms with Crippen LogP contribution >= 0.6 is 11.8 Å². The number of ether oxygens (including phenoxy) is 4. The van der Waals surface area contributed by atoms with E-state index in [1.54, 1.807) is 11.8 Å². The SMILES string of the molecule is C#Cc1cc(OCCCCCC)c(C#Cc2cc(OCCCCCC)c(C#Cc3ccc(SC)cc3)cc2OCCCCCC)cc1OCCCCCC. The van der Waals surface area contributed by atoms with E-state index in [9.17, 15) is 0 Å². The minimum Gasteiger partial charge on any atom is -0.492 e. The zero-order valence-electron chi connectivity index (χ0n) is 33.9. The maximum Gasteiger partial charge on any atom is 0.136 e. The van der Waals surface area contributed by atoms with Gasteiger partial charge in [-0.3, -0.25) is 0 Å². The highest BCUT2D eigenvalue weighted by Gasteiger charge is 2.14. The van der Waals surface area contributed by atoms with Crippen molar-refractivity contribution in [1.29, 1.82) is 0 Å². The number of thioether (sulfide) groups is 1. The Labute approximate surface area is 332 Å². The summed E-state index contributed by atoms with van der Waals surface area (Å²) in [7, 11) is 0. The summed E-state index contributed by atoms with van der Waals surface area (Å²) in [5, 5.41) is 0. The van der Waals surface area contributed by atoms with Gasteiger partial charge in [0.2, 0.25) is 0 Å². The van der Waals surface area contributed by atoms with Gasteiger partial charge in [-0.1, -0.05) is 134 Å².